The highest BCUT2D eigenvalue weighted by molar-refractivity contribution is 7.17. The van der Waals surface area contributed by atoms with Crippen molar-refractivity contribution in [3.8, 4) is 0 Å². The minimum atomic E-state index is -2.76. The molecule has 0 aliphatic heterocycles. The minimum Gasteiger partial charge on any atom is -0.247 e. The van der Waals surface area contributed by atoms with Crippen LogP contribution < -0.4 is 0 Å². The van der Waals surface area contributed by atoms with Gasteiger partial charge in [0.25, 0.3) is 5.92 Å². The summed E-state index contributed by atoms with van der Waals surface area (Å²) >= 11 is 0. The molecule has 0 nitrogen and oxygen atoms in total. The summed E-state index contributed by atoms with van der Waals surface area (Å²) in [6.45, 7) is 5.78. The molecule has 4 heteroatoms. The molecule has 6 atom stereocenters. The molecule has 0 spiro atoms. The molecule has 0 aromatic carbocycles. The van der Waals surface area contributed by atoms with Gasteiger partial charge in [-0.25, -0.2) is 13.2 Å². The summed E-state index contributed by atoms with van der Waals surface area (Å²) in [7, 11) is 2.39. The summed E-state index contributed by atoms with van der Waals surface area (Å²) in [5.41, 5.74) is -0.604. The van der Waals surface area contributed by atoms with Crippen LogP contribution in [0, 0.1) is 29.6 Å². The van der Waals surface area contributed by atoms with Crippen molar-refractivity contribution in [1.82, 2.24) is 0 Å². The number of alkyl halides is 3. The van der Waals surface area contributed by atoms with Crippen molar-refractivity contribution in [2.24, 2.45) is 29.6 Å². The Hall–Kier alpha value is 0.220. The third kappa shape index (κ3) is 3.65. The van der Waals surface area contributed by atoms with E-state index in [1.165, 1.54) is 0 Å². The highest BCUT2D eigenvalue weighted by Gasteiger charge is 2.54. The lowest BCUT2D eigenvalue weighted by molar-refractivity contribution is -0.151. The van der Waals surface area contributed by atoms with Gasteiger partial charge < -0.3 is 0 Å². The summed E-state index contributed by atoms with van der Waals surface area (Å²) in [5.74, 6) is -3.51. The fourth-order valence-corrected chi connectivity index (χ4v) is 5.58. The first kappa shape index (κ1) is 18.6. The SMILES string of the molecule is CCC1CCC(C(C)C(F)(F)C2C(C)CCC(F)C2P)CC1. The van der Waals surface area contributed by atoms with Gasteiger partial charge in [-0.2, -0.15) is 0 Å². The first-order chi connectivity index (χ1) is 10.3. The van der Waals surface area contributed by atoms with E-state index in [0.717, 1.165) is 38.0 Å². The molecular formula is C18H32F3P. The van der Waals surface area contributed by atoms with E-state index in [1.54, 1.807) is 6.92 Å². The zero-order valence-electron chi connectivity index (χ0n) is 14.2. The van der Waals surface area contributed by atoms with Crippen LogP contribution in [-0.2, 0) is 0 Å². The third-order valence-electron chi connectivity index (χ3n) is 6.57. The Bertz CT molecular complexity index is 352. The largest absolute Gasteiger partial charge is 0.254 e. The van der Waals surface area contributed by atoms with Gasteiger partial charge in [0.1, 0.15) is 6.17 Å². The second kappa shape index (κ2) is 7.41. The average Bonchev–Trinajstić information content (AvgIpc) is 2.50. The van der Waals surface area contributed by atoms with Crippen LogP contribution in [-0.4, -0.2) is 17.8 Å². The highest BCUT2D eigenvalue weighted by atomic mass is 31.0. The molecule has 22 heavy (non-hydrogen) atoms. The molecule has 2 rings (SSSR count). The Morgan fingerprint density at radius 2 is 1.68 bits per heavy atom. The van der Waals surface area contributed by atoms with Crippen LogP contribution in [0.2, 0.25) is 0 Å². The van der Waals surface area contributed by atoms with Gasteiger partial charge >= 0.3 is 0 Å². The zero-order valence-corrected chi connectivity index (χ0v) is 15.4. The van der Waals surface area contributed by atoms with Crippen molar-refractivity contribution in [1.29, 1.82) is 0 Å². The lowest BCUT2D eigenvalue weighted by atomic mass is 9.67. The van der Waals surface area contributed by atoms with Crippen LogP contribution in [0.25, 0.3) is 0 Å². The average molecular weight is 336 g/mol. The van der Waals surface area contributed by atoms with Gasteiger partial charge in [0.15, 0.2) is 0 Å². The van der Waals surface area contributed by atoms with Crippen LogP contribution >= 0.6 is 9.24 Å². The molecule has 0 aromatic heterocycles. The maximum absolute atomic E-state index is 15.2. The topological polar surface area (TPSA) is 0 Å². The minimum absolute atomic E-state index is 0.0982. The van der Waals surface area contributed by atoms with E-state index in [9.17, 15) is 4.39 Å². The maximum atomic E-state index is 15.2. The Kier molecular flexibility index (Phi) is 6.25. The van der Waals surface area contributed by atoms with E-state index in [4.69, 9.17) is 0 Å². The second-order valence-electron chi connectivity index (χ2n) is 7.83. The van der Waals surface area contributed by atoms with Crippen molar-refractivity contribution in [2.75, 3.05) is 0 Å². The lowest BCUT2D eigenvalue weighted by Crippen LogP contribution is -2.51. The Labute approximate surface area is 136 Å². The Morgan fingerprint density at radius 1 is 1.09 bits per heavy atom. The number of halogens is 3. The van der Waals surface area contributed by atoms with Crippen LogP contribution in [0.5, 0.6) is 0 Å². The molecule has 0 N–H and O–H groups in total. The monoisotopic (exact) mass is 336 g/mol. The predicted octanol–water partition coefficient (Wildman–Crippen LogP) is 6.10. The van der Waals surface area contributed by atoms with Gasteiger partial charge in [-0.3, -0.25) is 0 Å². The Balaban J connectivity index is 2.07. The third-order valence-corrected chi connectivity index (χ3v) is 7.40. The number of hydrogen-bond donors (Lipinski definition) is 0. The van der Waals surface area contributed by atoms with Gasteiger partial charge in [-0.15, -0.1) is 9.24 Å². The van der Waals surface area contributed by atoms with Gasteiger partial charge in [-0.1, -0.05) is 40.0 Å². The van der Waals surface area contributed by atoms with E-state index in [0.29, 0.717) is 12.8 Å². The summed E-state index contributed by atoms with van der Waals surface area (Å²) in [6, 6.07) is 0. The van der Waals surface area contributed by atoms with E-state index in [2.05, 4.69) is 16.2 Å². The van der Waals surface area contributed by atoms with E-state index in [1.807, 2.05) is 6.92 Å². The molecule has 0 radical (unpaired) electrons. The zero-order chi connectivity index (χ0) is 16.5. The van der Waals surface area contributed by atoms with Crippen molar-refractivity contribution in [3.63, 3.8) is 0 Å². The quantitative estimate of drug-likeness (QED) is 0.544. The molecule has 2 saturated carbocycles. The van der Waals surface area contributed by atoms with Gasteiger partial charge in [0.2, 0.25) is 0 Å². The Morgan fingerprint density at radius 3 is 2.23 bits per heavy atom. The molecule has 0 aromatic rings. The molecule has 2 aliphatic carbocycles. The van der Waals surface area contributed by atoms with Crippen LogP contribution in [0.15, 0.2) is 0 Å². The molecule has 0 heterocycles. The molecule has 2 aliphatic rings. The molecule has 0 amide bonds. The smallest absolute Gasteiger partial charge is 0.247 e. The van der Waals surface area contributed by atoms with E-state index in [-0.39, 0.29) is 11.8 Å². The summed E-state index contributed by atoms with van der Waals surface area (Å²) in [6.07, 6.45) is 5.07. The fourth-order valence-electron chi connectivity index (χ4n) is 4.75. The van der Waals surface area contributed by atoms with Crippen molar-refractivity contribution >= 4 is 9.24 Å². The van der Waals surface area contributed by atoms with E-state index >= 15 is 8.78 Å². The standard InChI is InChI=1S/C18H32F3P/c1-4-13-6-8-14(9-7-13)12(3)18(20,21)16-11(2)5-10-15(19)17(16)22/h11-17H,4-10,22H2,1-3H3. The fraction of sp³-hybridized carbons (Fsp3) is 1.00. The molecule has 0 saturated heterocycles. The van der Waals surface area contributed by atoms with Crippen molar-refractivity contribution in [2.45, 2.75) is 83.5 Å². The second-order valence-corrected chi connectivity index (χ2v) is 8.60. The predicted molar refractivity (Wildman–Crippen MR) is 90.1 cm³/mol. The van der Waals surface area contributed by atoms with Gasteiger partial charge in [0.05, 0.1) is 0 Å². The van der Waals surface area contributed by atoms with E-state index < -0.39 is 29.6 Å². The maximum Gasteiger partial charge on any atom is 0.254 e. The first-order valence-electron chi connectivity index (χ1n) is 9.06. The number of hydrogen-bond acceptors (Lipinski definition) is 0. The van der Waals surface area contributed by atoms with Crippen molar-refractivity contribution in [3.05, 3.63) is 0 Å². The summed E-state index contributed by atoms with van der Waals surface area (Å²) in [4.78, 5) is 0. The molecule has 2 fully saturated rings. The summed E-state index contributed by atoms with van der Waals surface area (Å²) < 4.78 is 44.3. The highest BCUT2D eigenvalue weighted by Crippen LogP contribution is 2.51. The van der Waals surface area contributed by atoms with Crippen molar-refractivity contribution < 1.29 is 13.2 Å². The molecular weight excluding hydrogens is 304 g/mol. The molecule has 0 bridgehead atoms. The normalized spacial score (nSPS) is 42.1. The molecule has 6 unspecified atom stereocenters. The number of rotatable bonds is 4. The lowest BCUT2D eigenvalue weighted by Gasteiger charge is -2.46. The summed E-state index contributed by atoms with van der Waals surface area (Å²) in [5, 5.41) is 0. The van der Waals surface area contributed by atoms with Gasteiger partial charge in [-0.05, 0) is 43.4 Å². The first-order valence-corrected chi connectivity index (χ1v) is 9.73. The van der Waals surface area contributed by atoms with Gasteiger partial charge in [0, 0.05) is 17.5 Å². The molecule has 130 valence electrons. The van der Waals surface area contributed by atoms with Crippen LogP contribution in [0.4, 0.5) is 13.2 Å². The van der Waals surface area contributed by atoms with Crippen LogP contribution in [0.3, 0.4) is 0 Å². The van der Waals surface area contributed by atoms with Crippen LogP contribution in [0.1, 0.15) is 65.7 Å².